The summed E-state index contributed by atoms with van der Waals surface area (Å²) in [5, 5.41) is 6.11. The van der Waals surface area contributed by atoms with Gasteiger partial charge in [-0.15, -0.1) is 0 Å². The van der Waals surface area contributed by atoms with Crippen molar-refractivity contribution in [3.63, 3.8) is 0 Å². The molecule has 0 spiro atoms. The molecule has 0 radical (unpaired) electrons. The molecule has 0 fully saturated rings. The summed E-state index contributed by atoms with van der Waals surface area (Å²) in [5.74, 6) is 0.845. The highest BCUT2D eigenvalue weighted by Crippen LogP contribution is 2.10. The number of carbonyl (C=O) groups excluding carboxylic acids is 1. The van der Waals surface area contributed by atoms with Crippen LogP contribution in [0.2, 0.25) is 0 Å². The molecule has 2 N–H and O–H groups in total. The quantitative estimate of drug-likeness (QED) is 0.731. The van der Waals surface area contributed by atoms with Crippen molar-refractivity contribution in [2.75, 3.05) is 13.7 Å². The SMILES string of the molecule is COc1ccc(CNC(=O)CCNCc2ccccn2)cc1. The minimum atomic E-state index is 0.0318. The second-order valence-corrected chi connectivity index (χ2v) is 4.87. The molecule has 0 saturated carbocycles. The lowest BCUT2D eigenvalue weighted by molar-refractivity contribution is -0.121. The minimum absolute atomic E-state index is 0.0318. The van der Waals surface area contributed by atoms with E-state index in [4.69, 9.17) is 4.74 Å². The highest BCUT2D eigenvalue weighted by Gasteiger charge is 2.01. The second-order valence-electron chi connectivity index (χ2n) is 4.87. The number of nitrogens with one attached hydrogen (secondary N) is 2. The molecule has 0 aliphatic heterocycles. The Morgan fingerprint density at radius 2 is 1.95 bits per heavy atom. The Labute approximate surface area is 130 Å². The van der Waals surface area contributed by atoms with Gasteiger partial charge in [-0.1, -0.05) is 18.2 Å². The molecule has 1 amide bonds. The third-order valence-electron chi connectivity index (χ3n) is 3.21. The van der Waals surface area contributed by atoms with Crippen LogP contribution in [0.25, 0.3) is 0 Å². The number of pyridine rings is 1. The summed E-state index contributed by atoms with van der Waals surface area (Å²) in [5.41, 5.74) is 2.02. The highest BCUT2D eigenvalue weighted by molar-refractivity contribution is 5.76. The Morgan fingerprint density at radius 3 is 2.64 bits per heavy atom. The van der Waals surface area contributed by atoms with Crippen LogP contribution in [0.3, 0.4) is 0 Å². The molecule has 5 heteroatoms. The summed E-state index contributed by atoms with van der Waals surface area (Å²) in [7, 11) is 1.63. The maximum atomic E-state index is 11.8. The molecule has 1 aromatic carbocycles. The lowest BCUT2D eigenvalue weighted by Gasteiger charge is -2.07. The maximum absolute atomic E-state index is 11.8. The summed E-state index contributed by atoms with van der Waals surface area (Å²) in [6.07, 6.45) is 2.21. The lowest BCUT2D eigenvalue weighted by Crippen LogP contribution is -2.27. The third kappa shape index (κ3) is 5.54. The number of hydrogen-bond acceptors (Lipinski definition) is 4. The molecule has 0 atom stereocenters. The van der Waals surface area contributed by atoms with Crippen molar-refractivity contribution < 1.29 is 9.53 Å². The van der Waals surface area contributed by atoms with E-state index < -0.39 is 0 Å². The van der Waals surface area contributed by atoms with Crippen LogP contribution in [0, 0.1) is 0 Å². The van der Waals surface area contributed by atoms with Crippen molar-refractivity contribution in [2.45, 2.75) is 19.5 Å². The van der Waals surface area contributed by atoms with Crippen LogP contribution < -0.4 is 15.4 Å². The van der Waals surface area contributed by atoms with Crippen molar-refractivity contribution in [1.29, 1.82) is 0 Å². The Hall–Kier alpha value is -2.40. The van der Waals surface area contributed by atoms with Crippen molar-refractivity contribution in [3.05, 3.63) is 59.9 Å². The summed E-state index contributed by atoms with van der Waals surface area (Å²) in [6, 6.07) is 13.4. The van der Waals surface area contributed by atoms with Gasteiger partial charge in [0.1, 0.15) is 5.75 Å². The third-order valence-corrected chi connectivity index (χ3v) is 3.21. The van der Waals surface area contributed by atoms with Crippen molar-refractivity contribution in [2.24, 2.45) is 0 Å². The molecule has 1 aromatic heterocycles. The van der Waals surface area contributed by atoms with E-state index >= 15 is 0 Å². The summed E-state index contributed by atoms with van der Waals surface area (Å²) < 4.78 is 5.10. The van der Waals surface area contributed by atoms with Crippen molar-refractivity contribution in [3.8, 4) is 5.75 Å². The largest absolute Gasteiger partial charge is 0.497 e. The second kappa shape index (κ2) is 8.79. The van der Waals surface area contributed by atoms with E-state index in [1.807, 2.05) is 42.5 Å². The molecule has 0 bridgehead atoms. The zero-order valence-electron chi connectivity index (χ0n) is 12.7. The number of ether oxygens (including phenoxy) is 1. The van der Waals surface area contributed by atoms with Crippen LogP contribution in [0.1, 0.15) is 17.7 Å². The first-order valence-electron chi connectivity index (χ1n) is 7.28. The summed E-state index contributed by atoms with van der Waals surface area (Å²) >= 11 is 0. The molecule has 1 heterocycles. The van der Waals surface area contributed by atoms with Gasteiger partial charge >= 0.3 is 0 Å². The predicted octanol–water partition coefficient (Wildman–Crippen LogP) is 1.89. The minimum Gasteiger partial charge on any atom is -0.497 e. The number of nitrogens with zero attached hydrogens (tertiary/aromatic N) is 1. The summed E-state index contributed by atoms with van der Waals surface area (Å²) in [6.45, 7) is 1.83. The molecule has 2 rings (SSSR count). The van der Waals surface area contributed by atoms with Gasteiger partial charge < -0.3 is 15.4 Å². The predicted molar refractivity (Wildman–Crippen MR) is 85.4 cm³/mol. The Morgan fingerprint density at radius 1 is 1.14 bits per heavy atom. The first-order valence-corrected chi connectivity index (χ1v) is 7.28. The standard InChI is InChI=1S/C17H21N3O2/c1-22-16-7-5-14(6-8-16)12-20-17(21)9-11-18-13-15-4-2-3-10-19-15/h2-8,10,18H,9,11-13H2,1H3,(H,20,21). The van der Waals surface area contributed by atoms with Crippen LogP contribution in [0.5, 0.6) is 5.75 Å². The van der Waals surface area contributed by atoms with E-state index in [0.717, 1.165) is 17.0 Å². The zero-order chi connectivity index (χ0) is 15.6. The first kappa shape index (κ1) is 16.0. The van der Waals surface area contributed by atoms with Gasteiger partial charge in [0.15, 0.2) is 0 Å². The lowest BCUT2D eigenvalue weighted by atomic mass is 10.2. The molecular weight excluding hydrogens is 278 g/mol. The topological polar surface area (TPSA) is 63.2 Å². The van der Waals surface area contributed by atoms with Crippen LogP contribution in [0.15, 0.2) is 48.7 Å². The van der Waals surface area contributed by atoms with Gasteiger partial charge in [0.25, 0.3) is 0 Å². The van der Waals surface area contributed by atoms with Crippen molar-refractivity contribution in [1.82, 2.24) is 15.6 Å². The Kier molecular flexibility index (Phi) is 6.39. The van der Waals surface area contributed by atoms with Crippen LogP contribution in [0.4, 0.5) is 0 Å². The highest BCUT2D eigenvalue weighted by atomic mass is 16.5. The number of benzene rings is 1. The Bertz CT molecular complexity index is 570. The van der Waals surface area contributed by atoms with Gasteiger partial charge in [-0.3, -0.25) is 9.78 Å². The average Bonchev–Trinajstić information content (AvgIpc) is 2.58. The van der Waals surface area contributed by atoms with Gasteiger partial charge in [0.05, 0.1) is 12.8 Å². The van der Waals surface area contributed by atoms with E-state index in [1.54, 1.807) is 13.3 Å². The van der Waals surface area contributed by atoms with E-state index in [-0.39, 0.29) is 5.91 Å². The van der Waals surface area contributed by atoms with E-state index in [1.165, 1.54) is 0 Å². The van der Waals surface area contributed by atoms with Gasteiger partial charge in [-0.2, -0.15) is 0 Å². The van der Waals surface area contributed by atoms with Crippen molar-refractivity contribution >= 4 is 5.91 Å². The summed E-state index contributed by atoms with van der Waals surface area (Å²) in [4.78, 5) is 16.0. The zero-order valence-corrected chi connectivity index (χ0v) is 12.7. The number of carbonyl (C=O) groups is 1. The molecule has 116 valence electrons. The molecule has 2 aromatic rings. The molecule has 0 unspecified atom stereocenters. The maximum Gasteiger partial charge on any atom is 0.221 e. The fourth-order valence-electron chi connectivity index (χ4n) is 1.95. The number of aromatic nitrogens is 1. The van der Waals surface area contributed by atoms with E-state index in [2.05, 4.69) is 15.6 Å². The fraction of sp³-hybridized carbons (Fsp3) is 0.294. The van der Waals surface area contributed by atoms with Gasteiger partial charge in [-0.25, -0.2) is 0 Å². The number of rotatable bonds is 8. The van der Waals surface area contributed by atoms with Gasteiger partial charge in [0.2, 0.25) is 5.91 Å². The van der Waals surface area contributed by atoms with E-state index in [0.29, 0.717) is 26.1 Å². The monoisotopic (exact) mass is 299 g/mol. The van der Waals surface area contributed by atoms with Gasteiger partial charge in [-0.05, 0) is 29.8 Å². The molecule has 22 heavy (non-hydrogen) atoms. The van der Waals surface area contributed by atoms with E-state index in [9.17, 15) is 4.79 Å². The Balaban J connectivity index is 1.61. The van der Waals surface area contributed by atoms with Crippen LogP contribution in [-0.2, 0) is 17.9 Å². The van der Waals surface area contributed by atoms with Gasteiger partial charge in [0, 0.05) is 32.3 Å². The normalized spacial score (nSPS) is 10.2. The fourth-order valence-corrected chi connectivity index (χ4v) is 1.95. The number of hydrogen-bond donors (Lipinski definition) is 2. The molecule has 0 saturated heterocycles. The molecule has 0 aliphatic carbocycles. The van der Waals surface area contributed by atoms with Crippen LogP contribution in [-0.4, -0.2) is 24.5 Å². The smallest absolute Gasteiger partial charge is 0.221 e. The molecular formula is C17H21N3O2. The first-order chi connectivity index (χ1) is 10.8. The molecule has 5 nitrogen and oxygen atoms in total. The van der Waals surface area contributed by atoms with Crippen LogP contribution >= 0.6 is 0 Å². The number of amides is 1. The molecule has 0 aliphatic rings. The number of methoxy groups -OCH3 is 1. The average molecular weight is 299 g/mol.